The van der Waals surface area contributed by atoms with Crippen molar-refractivity contribution in [1.82, 2.24) is 4.98 Å². The minimum atomic E-state index is 0.823. The summed E-state index contributed by atoms with van der Waals surface area (Å²) in [6.07, 6.45) is 1.84. The summed E-state index contributed by atoms with van der Waals surface area (Å²) in [4.78, 5) is 4.47. The van der Waals surface area contributed by atoms with E-state index in [1.54, 1.807) is 0 Å². The molecule has 2 nitrogen and oxygen atoms in total. The van der Waals surface area contributed by atoms with E-state index in [1.165, 1.54) is 22.1 Å². The Kier molecular flexibility index (Phi) is 3.38. The zero-order valence-corrected chi connectivity index (χ0v) is 11.9. The number of hydrogen-bond donors (Lipinski definition) is 1. The summed E-state index contributed by atoms with van der Waals surface area (Å²) < 4.78 is 0. The molecule has 0 aliphatic carbocycles. The molecule has 0 spiro atoms. The predicted octanol–water partition coefficient (Wildman–Crippen LogP) is 4.46. The van der Waals surface area contributed by atoms with Crippen molar-refractivity contribution >= 4 is 16.6 Å². The van der Waals surface area contributed by atoms with Gasteiger partial charge in [-0.1, -0.05) is 42.0 Å². The normalized spacial score (nSPS) is 10.7. The molecule has 2 aromatic carbocycles. The lowest BCUT2D eigenvalue weighted by molar-refractivity contribution is 1.11. The first-order valence-corrected chi connectivity index (χ1v) is 6.88. The highest BCUT2D eigenvalue weighted by atomic mass is 14.9. The molecule has 0 aliphatic heterocycles. The molecule has 100 valence electrons. The molecule has 0 unspecified atom stereocenters. The molecule has 0 bridgehead atoms. The van der Waals surface area contributed by atoms with Crippen LogP contribution in [-0.2, 0) is 6.54 Å². The lowest BCUT2D eigenvalue weighted by atomic mass is 10.1. The summed E-state index contributed by atoms with van der Waals surface area (Å²) in [6, 6.07) is 16.9. The average Bonchev–Trinajstić information content (AvgIpc) is 2.48. The fraction of sp³-hybridized carbons (Fsp3) is 0.167. The summed E-state index contributed by atoms with van der Waals surface area (Å²) in [5.41, 5.74) is 6.06. The van der Waals surface area contributed by atoms with Gasteiger partial charge in [-0.25, -0.2) is 0 Å². The summed E-state index contributed by atoms with van der Waals surface area (Å²) in [5.74, 6) is 0. The van der Waals surface area contributed by atoms with Crippen LogP contribution in [-0.4, -0.2) is 4.98 Å². The summed E-state index contributed by atoms with van der Waals surface area (Å²) in [7, 11) is 0. The molecular formula is C18H18N2. The Morgan fingerprint density at radius 2 is 1.85 bits per heavy atom. The fourth-order valence-electron chi connectivity index (χ4n) is 2.43. The Balaban J connectivity index is 1.89. The second-order valence-corrected chi connectivity index (χ2v) is 5.16. The van der Waals surface area contributed by atoms with Crippen molar-refractivity contribution in [2.24, 2.45) is 0 Å². The van der Waals surface area contributed by atoms with Gasteiger partial charge in [0.15, 0.2) is 0 Å². The Morgan fingerprint density at radius 1 is 1.00 bits per heavy atom. The van der Waals surface area contributed by atoms with E-state index in [4.69, 9.17) is 0 Å². The van der Waals surface area contributed by atoms with Crippen LogP contribution in [0.3, 0.4) is 0 Å². The molecule has 0 saturated heterocycles. The van der Waals surface area contributed by atoms with Crippen LogP contribution in [0.4, 0.5) is 5.69 Å². The van der Waals surface area contributed by atoms with Gasteiger partial charge in [-0.2, -0.15) is 0 Å². The van der Waals surface area contributed by atoms with Crippen LogP contribution in [0.5, 0.6) is 0 Å². The van der Waals surface area contributed by atoms with Crippen molar-refractivity contribution in [3.05, 3.63) is 71.4 Å². The Bertz CT molecular complexity index is 742. The van der Waals surface area contributed by atoms with Crippen molar-refractivity contribution in [2.45, 2.75) is 20.4 Å². The zero-order valence-electron chi connectivity index (χ0n) is 11.9. The van der Waals surface area contributed by atoms with Gasteiger partial charge in [-0.15, -0.1) is 0 Å². The third-order valence-corrected chi connectivity index (χ3v) is 3.61. The van der Waals surface area contributed by atoms with Gasteiger partial charge in [0.05, 0.1) is 11.2 Å². The first-order chi connectivity index (χ1) is 9.74. The second-order valence-electron chi connectivity index (χ2n) is 5.16. The molecule has 20 heavy (non-hydrogen) atoms. The van der Waals surface area contributed by atoms with Gasteiger partial charge in [0.25, 0.3) is 0 Å². The second kappa shape index (κ2) is 5.33. The quantitative estimate of drug-likeness (QED) is 0.753. The average molecular weight is 262 g/mol. The number of nitrogens with one attached hydrogen (secondary N) is 1. The number of para-hydroxylation sites is 1. The molecule has 0 aliphatic rings. The highest BCUT2D eigenvalue weighted by Gasteiger charge is 2.03. The van der Waals surface area contributed by atoms with Crippen LogP contribution in [0, 0.1) is 13.8 Å². The minimum Gasteiger partial charge on any atom is -0.379 e. The zero-order chi connectivity index (χ0) is 13.9. The third kappa shape index (κ3) is 2.50. The molecule has 0 atom stereocenters. The third-order valence-electron chi connectivity index (χ3n) is 3.61. The monoisotopic (exact) mass is 262 g/mol. The van der Waals surface area contributed by atoms with E-state index in [2.05, 4.69) is 66.6 Å². The van der Waals surface area contributed by atoms with E-state index in [1.807, 2.05) is 12.3 Å². The van der Waals surface area contributed by atoms with Crippen molar-refractivity contribution in [3.8, 4) is 0 Å². The van der Waals surface area contributed by atoms with Crippen LogP contribution < -0.4 is 5.32 Å². The van der Waals surface area contributed by atoms with E-state index in [-0.39, 0.29) is 0 Å². The first-order valence-electron chi connectivity index (χ1n) is 6.88. The number of hydrogen-bond acceptors (Lipinski definition) is 2. The molecule has 3 rings (SSSR count). The molecule has 0 saturated carbocycles. The van der Waals surface area contributed by atoms with Crippen LogP contribution in [0.15, 0.2) is 54.7 Å². The molecule has 0 fully saturated rings. The number of aryl methyl sites for hydroxylation is 2. The SMILES string of the molecule is Cc1ccc(C)c(CNc2cccc3cccnc23)c1. The topological polar surface area (TPSA) is 24.9 Å². The molecule has 0 radical (unpaired) electrons. The van der Waals surface area contributed by atoms with Crippen LogP contribution in [0.2, 0.25) is 0 Å². The standard InChI is InChI=1S/C18H18N2/c1-13-8-9-14(2)16(11-13)12-20-17-7-3-5-15-6-4-10-19-18(15)17/h3-11,20H,12H2,1-2H3. The van der Waals surface area contributed by atoms with Gasteiger partial charge in [-0.3, -0.25) is 4.98 Å². The van der Waals surface area contributed by atoms with Gasteiger partial charge in [0.1, 0.15) is 0 Å². The number of nitrogens with zero attached hydrogens (tertiary/aromatic N) is 1. The van der Waals surface area contributed by atoms with Crippen LogP contribution in [0.25, 0.3) is 10.9 Å². The van der Waals surface area contributed by atoms with Crippen LogP contribution in [0.1, 0.15) is 16.7 Å². The minimum absolute atomic E-state index is 0.823. The van der Waals surface area contributed by atoms with E-state index >= 15 is 0 Å². The smallest absolute Gasteiger partial charge is 0.0933 e. The number of anilines is 1. The van der Waals surface area contributed by atoms with Gasteiger partial charge in [0.2, 0.25) is 0 Å². The Hall–Kier alpha value is -2.35. The van der Waals surface area contributed by atoms with Gasteiger partial charge < -0.3 is 5.32 Å². The molecule has 3 aromatic rings. The molecule has 1 heterocycles. The van der Waals surface area contributed by atoms with Crippen LogP contribution >= 0.6 is 0 Å². The largest absolute Gasteiger partial charge is 0.379 e. The molecule has 1 aromatic heterocycles. The maximum Gasteiger partial charge on any atom is 0.0933 e. The lowest BCUT2D eigenvalue weighted by Gasteiger charge is -2.11. The van der Waals surface area contributed by atoms with Crippen molar-refractivity contribution in [1.29, 1.82) is 0 Å². The summed E-state index contributed by atoms with van der Waals surface area (Å²) in [6.45, 7) is 5.10. The number of benzene rings is 2. The highest BCUT2D eigenvalue weighted by molar-refractivity contribution is 5.90. The van der Waals surface area contributed by atoms with Gasteiger partial charge in [0, 0.05) is 18.1 Å². The lowest BCUT2D eigenvalue weighted by Crippen LogP contribution is -2.02. The molecular weight excluding hydrogens is 244 g/mol. The fourth-order valence-corrected chi connectivity index (χ4v) is 2.43. The molecule has 1 N–H and O–H groups in total. The number of aromatic nitrogens is 1. The Labute approximate surface area is 119 Å². The molecule has 0 amide bonds. The first kappa shape index (κ1) is 12.7. The highest BCUT2D eigenvalue weighted by Crippen LogP contribution is 2.22. The maximum atomic E-state index is 4.47. The van der Waals surface area contributed by atoms with E-state index < -0.39 is 0 Å². The van der Waals surface area contributed by atoms with Gasteiger partial charge in [-0.05, 0) is 37.1 Å². The molecule has 2 heteroatoms. The predicted molar refractivity (Wildman–Crippen MR) is 85.0 cm³/mol. The van der Waals surface area contributed by atoms with E-state index in [0.29, 0.717) is 0 Å². The van der Waals surface area contributed by atoms with Crippen molar-refractivity contribution < 1.29 is 0 Å². The maximum absolute atomic E-state index is 4.47. The Morgan fingerprint density at radius 3 is 2.75 bits per heavy atom. The van der Waals surface area contributed by atoms with Crippen molar-refractivity contribution in [2.75, 3.05) is 5.32 Å². The van der Waals surface area contributed by atoms with E-state index in [0.717, 1.165) is 17.7 Å². The summed E-state index contributed by atoms with van der Waals surface area (Å²) >= 11 is 0. The van der Waals surface area contributed by atoms with Gasteiger partial charge >= 0.3 is 0 Å². The summed E-state index contributed by atoms with van der Waals surface area (Å²) in [5, 5.41) is 4.67. The number of rotatable bonds is 3. The van der Waals surface area contributed by atoms with E-state index in [9.17, 15) is 0 Å². The number of fused-ring (bicyclic) bond motifs is 1. The number of pyridine rings is 1. The van der Waals surface area contributed by atoms with Crippen molar-refractivity contribution in [3.63, 3.8) is 0 Å².